The van der Waals surface area contributed by atoms with E-state index in [0.717, 1.165) is 58.0 Å². The molecule has 2 atom stereocenters. The van der Waals surface area contributed by atoms with E-state index in [1.807, 2.05) is 54.0 Å². The van der Waals surface area contributed by atoms with Gasteiger partial charge in [-0.05, 0) is 81.8 Å². The summed E-state index contributed by atoms with van der Waals surface area (Å²) in [5.74, 6) is 0.537. The third-order valence-corrected chi connectivity index (χ3v) is 8.30. The Hall–Kier alpha value is -5.07. The molecule has 10 nitrogen and oxygen atoms in total. The standard InChI is InChI=1S/C26H29N5O2.C8H7F3N2O/c1-15-6-18(4)30(11-15)25(33)14-29-13-23(19(5)32)22-9-20(7-16(2)26(22)29)21-10-27-24-8-17(3)28-31(24)12-21;1-5-2-3-6(8(9,10)11)13-7(5)12-4-14/h7-10,12-13,15,18H,6,11,14H2,1-5H3;2-4H,1H3,(H,12,13,14). The lowest BCUT2D eigenvalue weighted by Gasteiger charge is -2.22. The molecular formula is C34H36F3N7O3. The Bertz CT molecular complexity index is 2000. The molecule has 5 aromatic rings. The number of fused-ring (bicyclic) bond motifs is 2. The molecule has 47 heavy (non-hydrogen) atoms. The summed E-state index contributed by atoms with van der Waals surface area (Å²) in [4.78, 5) is 45.5. The third-order valence-electron chi connectivity index (χ3n) is 8.30. The van der Waals surface area contributed by atoms with Gasteiger partial charge in [0, 0.05) is 53.8 Å². The Morgan fingerprint density at radius 1 is 1.04 bits per heavy atom. The van der Waals surface area contributed by atoms with Crippen molar-refractivity contribution in [3.8, 4) is 11.1 Å². The maximum absolute atomic E-state index is 13.1. The lowest BCUT2D eigenvalue weighted by molar-refractivity contribution is -0.141. The Balaban J connectivity index is 0.000000261. The van der Waals surface area contributed by atoms with Crippen LogP contribution in [0.4, 0.5) is 19.0 Å². The first-order valence-electron chi connectivity index (χ1n) is 15.2. The number of likely N-dealkylation sites (tertiary alicyclic amines) is 1. The molecule has 2 amide bonds. The molecule has 2 unspecified atom stereocenters. The first kappa shape index (κ1) is 33.3. The number of nitrogens with zero attached hydrogens (tertiary/aromatic N) is 6. The summed E-state index contributed by atoms with van der Waals surface area (Å²) < 4.78 is 40.2. The summed E-state index contributed by atoms with van der Waals surface area (Å²) >= 11 is 0. The maximum Gasteiger partial charge on any atom is 0.433 e. The van der Waals surface area contributed by atoms with Crippen LogP contribution in [0.15, 0.2) is 48.9 Å². The number of halogens is 3. The zero-order valence-corrected chi connectivity index (χ0v) is 27.0. The van der Waals surface area contributed by atoms with Crippen molar-refractivity contribution in [1.29, 1.82) is 0 Å². The number of nitrogens with one attached hydrogen (secondary N) is 1. The van der Waals surface area contributed by atoms with E-state index in [-0.39, 0.29) is 36.5 Å². The molecule has 1 aliphatic rings. The number of Topliss-reactive ketones (excluding diaryl/α,β-unsaturated/α-hetero) is 1. The van der Waals surface area contributed by atoms with E-state index in [2.05, 4.69) is 40.3 Å². The third kappa shape index (κ3) is 7.03. The van der Waals surface area contributed by atoms with Gasteiger partial charge in [-0.15, -0.1) is 0 Å². The van der Waals surface area contributed by atoms with Gasteiger partial charge in [0.15, 0.2) is 11.4 Å². The van der Waals surface area contributed by atoms with Gasteiger partial charge in [-0.1, -0.05) is 13.0 Å². The SMILES string of the molecule is CC(=O)c1cn(CC(=O)N2CC(C)CC2C)c2c(C)cc(-c3cnc4cc(C)nn4c3)cc12.Cc1ccc(C(F)(F)F)nc1NC=O. The van der Waals surface area contributed by atoms with Gasteiger partial charge in [0.05, 0.1) is 11.2 Å². The van der Waals surface area contributed by atoms with Crippen LogP contribution in [-0.2, 0) is 22.3 Å². The minimum absolute atomic E-state index is 0.0119. The van der Waals surface area contributed by atoms with Gasteiger partial charge < -0.3 is 14.8 Å². The normalized spacial score (nSPS) is 16.3. The molecule has 13 heteroatoms. The molecule has 1 saturated heterocycles. The van der Waals surface area contributed by atoms with Crippen molar-refractivity contribution in [3.63, 3.8) is 0 Å². The Morgan fingerprint density at radius 3 is 2.43 bits per heavy atom. The van der Waals surface area contributed by atoms with Crippen molar-refractivity contribution in [1.82, 2.24) is 29.0 Å². The van der Waals surface area contributed by atoms with Gasteiger partial charge in [-0.25, -0.2) is 14.5 Å². The minimum Gasteiger partial charge on any atom is -0.338 e. The Labute approximate surface area is 269 Å². The number of anilines is 1. The van der Waals surface area contributed by atoms with E-state index >= 15 is 0 Å². The van der Waals surface area contributed by atoms with Crippen LogP contribution in [0.2, 0.25) is 0 Å². The number of hydrogen-bond donors (Lipinski definition) is 1. The molecule has 4 aromatic heterocycles. The van der Waals surface area contributed by atoms with Crippen molar-refractivity contribution in [2.75, 3.05) is 11.9 Å². The number of aryl methyl sites for hydroxylation is 3. The highest BCUT2D eigenvalue weighted by Crippen LogP contribution is 2.32. The Morgan fingerprint density at radius 2 is 1.79 bits per heavy atom. The molecule has 1 aliphatic heterocycles. The molecule has 1 N–H and O–H groups in total. The lowest BCUT2D eigenvalue weighted by atomic mass is 10.0. The minimum atomic E-state index is -4.49. The average molecular weight is 648 g/mol. The van der Waals surface area contributed by atoms with Crippen LogP contribution < -0.4 is 5.32 Å². The second-order valence-electron chi connectivity index (χ2n) is 12.2. The fourth-order valence-corrected chi connectivity index (χ4v) is 6.14. The molecule has 1 fully saturated rings. The number of benzene rings is 1. The molecule has 5 heterocycles. The van der Waals surface area contributed by atoms with E-state index in [9.17, 15) is 27.6 Å². The number of rotatable bonds is 6. The van der Waals surface area contributed by atoms with Crippen molar-refractivity contribution in [3.05, 3.63) is 77.0 Å². The molecule has 0 spiro atoms. The highest BCUT2D eigenvalue weighted by molar-refractivity contribution is 6.09. The van der Waals surface area contributed by atoms with Crippen LogP contribution in [0, 0.1) is 26.7 Å². The van der Waals surface area contributed by atoms with Crippen molar-refractivity contribution >= 4 is 40.5 Å². The van der Waals surface area contributed by atoms with Crippen molar-refractivity contribution < 1.29 is 27.6 Å². The number of pyridine rings is 1. The zero-order chi connectivity index (χ0) is 34.2. The number of aromatic nitrogens is 5. The molecular weight excluding hydrogens is 611 g/mol. The number of carbonyl (C=O) groups excluding carboxylic acids is 3. The molecule has 1 aromatic carbocycles. The fraction of sp³-hybridized carbons (Fsp3) is 0.353. The molecule has 0 bridgehead atoms. The second-order valence-corrected chi connectivity index (χ2v) is 12.2. The zero-order valence-electron chi connectivity index (χ0n) is 27.0. The number of hydrogen-bond acceptors (Lipinski definition) is 6. The highest BCUT2D eigenvalue weighted by atomic mass is 19.4. The second kappa shape index (κ2) is 13.0. The van der Waals surface area contributed by atoms with Crippen LogP contribution in [-0.4, -0.2) is 59.7 Å². The number of ketones is 1. The van der Waals surface area contributed by atoms with E-state index in [4.69, 9.17) is 0 Å². The summed E-state index contributed by atoms with van der Waals surface area (Å²) in [6.45, 7) is 12.4. The summed E-state index contributed by atoms with van der Waals surface area (Å²) in [5, 5.41) is 7.43. The largest absolute Gasteiger partial charge is 0.433 e. The van der Waals surface area contributed by atoms with E-state index in [1.165, 1.54) is 6.07 Å². The molecule has 0 saturated carbocycles. The van der Waals surface area contributed by atoms with Gasteiger partial charge in [0.2, 0.25) is 12.3 Å². The average Bonchev–Trinajstić information content (AvgIpc) is 3.66. The lowest BCUT2D eigenvalue weighted by Crippen LogP contribution is -2.36. The van der Waals surface area contributed by atoms with Gasteiger partial charge in [0.1, 0.15) is 18.1 Å². The number of amides is 2. The summed E-state index contributed by atoms with van der Waals surface area (Å²) in [5.41, 5.74) is 5.64. The quantitative estimate of drug-likeness (QED) is 0.168. The fourth-order valence-electron chi connectivity index (χ4n) is 6.14. The summed E-state index contributed by atoms with van der Waals surface area (Å²) in [7, 11) is 0. The predicted octanol–water partition coefficient (Wildman–Crippen LogP) is 6.40. The van der Waals surface area contributed by atoms with Gasteiger partial charge in [-0.2, -0.15) is 18.3 Å². The van der Waals surface area contributed by atoms with E-state index in [0.29, 0.717) is 17.0 Å². The van der Waals surface area contributed by atoms with Gasteiger partial charge in [-0.3, -0.25) is 14.4 Å². The molecule has 0 radical (unpaired) electrons. The topological polar surface area (TPSA) is 114 Å². The summed E-state index contributed by atoms with van der Waals surface area (Å²) in [6.07, 6.45) is 2.46. The number of carbonyl (C=O) groups is 3. The van der Waals surface area contributed by atoms with Crippen molar-refractivity contribution in [2.24, 2.45) is 5.92 Å². The van der Waals surface area contributed by atoms with Gasteiger partial charge in [0.25, 0.3) is 0 Å². The molecule has 0 aliphatic carbocycles. The van der Waals surface area contributed by atoms with E-state index < -0.39 is 11.9 Å². The highest BCUT2D eigenvalue weighted by Gasteiger charge is 2.33. The Kier molecular flexibility index (Phi) is 9.19. The summed E-state index contributed by atoms with van der Waals surface area (Å²) in [6, 6.07) is 8.42. The van der Waals surface area contributed by atoms with Crippen LogP contribution in [0.1, 0.15) is 60.1 Å². The maximum atomic E-state index is 13.1. The van der Waals surface area contributed by atoms with Crippen LogP contribution in [0.5, 0.6) is 0 Å². The monoisotopic (exact) mass is 647 g/mol. The first-order chi connectivity index (χ1) is 22.2. The smallest absolute Gasteiger partial charge is 0.338 e. The first-order valence-corrected chi connectivity index (χ1v) is 15.2. The predicted molar refractivity (Wildman–Crippen MR) is 172 cm³/mol. The van der Waals surface area contributed by atoms with Crippen molar-refractivity contribution in [2.45, 2.75) is 66.7 Å². The van der Waals surface area contributed by atoms with E-state index in [1.54, 1.807) is 18.4 Å². The molecule has 6 rings (SSSR count). The van der Waals surface area contributed by atoms with Crippen LogP contribution in [0.3, 0.4) is 0 Å². The van der Waals surface area contributed by atoms with Gasteiger partial charge >= 0.3 is 6.18 Å². The van der Waals surface area contributed by atoms with Crippen LogP contribution in [0.25, 0.3) is 27.7 Å². The van der Waals surface area contributed by atoms with Crippen LogP contribution >= 0.6 is 0 Å². The number of alkyl halides is 3. The molecule has 246 valence electrons.